The highest BCUT2D eigenvalue weighted by Crippen LogP contribution is 2.24. The van der Waals surface area contributed by atoms with Crippen molar-refractivity contribution in [2.75, 3.05) is 26.2 Å². The first-order chi connectivity index (χ1) is 10.5. The van der Waals surface area contributed by atoms with E-state index in [4.69, 9.17) is 4.74 Å². The lowest BCUT2D eigenvalue weighted by Gasteiger charge is -2.36. The summed E-state index contributed by atoms with van der Waals surface area (Å²) in [7, 11) is 0. The Morgan fingerprint density at radius 2 is 2.09 bits per heavy atom. The van der Waals surface area contributed by atoms with E-state index < -0.39 is 12.0 Å². The lowest BCUT2D eigenvalue weighted by molar-refractivity contribution is -0.144. The quantitative estimate of drug-likeness (QED) is 0.843. The smallest absolute Gasteiger partial charge is 0.325 e. The Balaban J connectivity index is 2.10. The molecule has 2 rings (SSSR count). The third-order valence-electron chi connectivity index (χ3n) is 3.78. The van der Waals surface area contributed by atoms with Gasteiger partial charge in [0.05, 0.1) is 6.61 Å². The van der Waals surface area contributed by atoms with Crippen molar-refractivity contribution in [2.24, 2.45) is 5.92 Å². The summed E-state index contributed by atoms with van der Waals surface area (Å²) in [6.45, 7) is 9.24. The minimum atomic E-state index is -0.801. The van der Waals surface area contributed by atoms with Crippen LogP contribution in [0.4, 0.5) is 0 Å². The zero-order valence-corrected chi connectivity index (χ0v) is 13.6. The Bertz CT molecular complexity index is 487. The van der Waals surface area contributed by atoms with Gasteiger partial charge in [0.15, 0.2) is 0 Å². The summed E-state index contributed by atoms with van der Waals surface area (Å²) in [6.07, 6.45) is 0. The molecule has 1 aromatic rings. The molecule has 1 aliphatic rings. The number of piperazine rings is 1. The molecule has 2 N–H and O–H groups in total. The molecule has 0 bridgehead atoms. The van der Waals surface area contributed by atoms with Crippen molar-refractivity contribution in [3.8, 4) is 5.75 Å². The minimum Gasteiger partial charge on any atom is -0.493 e. The highest BCUT2D eigenvalue weighted by molar-refractivity contribution is 5.75. The number of carboxylic acid groups (broad SMARTS) is 1. The van der Waals surface area contributed by atoms with E-state index in [9.17, 15) is 9.90 Å². The molecular formula is C17H26N2O3. The summed E-state index contributed by atoms with van der Waals surface area (Å²) >= 11 is 0. The summed E-state index contributed by atoms with van der Waals surface area (Å²) in [5, 5.41) is 13.0. The molecule has 1 aliphatic heterocycles. The van der Waals surface area contributed by atoms with Crippen LogP contribution in [-0.4, -0.2) is 48.3 Å². The highest BCUT2D eigenvalue weighted by atomic mass is 16.5. The van der Waals surface area contributed by atoms with Gasteiger partial charge in [0, 0.05) is 25.7 Å². The molecule has 1 heterocycles. The molecule has 0 aliphatic carbocycles. The van der Waals surface area contributed by atoms with Crippen LogP contribution in [0.2, 0.25) is 0 Å². The molecule has 5 heteroatoms. The first-order valence-electron chi connectivity index (χ1n) is 7.90. The molecule has 0 aromatic heterocycles. The van der Waals surface area contributed by atoms with Gasteiger partial charge >= 0.3 is 5.97 Å². The van der Waals surface area contributed by atoms with Gasteiger partial charge in [-0.25, -0.2) is 0 Å². The standard InChI is InChI=1S/C17H26N2O3/c1-12(2)11-22-15-6-4-14(5-7-15)16(17(20)21)19-9-8-18-13(3)10-19/h4-7,12-13,16,18H,8-11H2,1-3H3,(H,20,21). The average Bonchev–Trinajstić information content (AvgIpc) is 2.46. The number of nitrogens with one attached hydrogen (secondary N) is 1. The maximum atomic E-state index is 11.7. The Labute approximate surface area is 132 Å². The second kappa shape index (κ2) is 7.61. The first kappa shape index (κ1) is 16.8. The summed E-state index contributed by atoms with van der Waals surface area (Å²) in [6, 6.07) is 7.16. The second-order valence-corrected chi connectivity index (χ2v) is 6.36. The van der Waals surface area contributed by atoms with Crippen LogP contribution >= 0.6 is 0 Å². The van der Waals surface area contributed by atoms with Gasteiger partial charge in [0.1, 0.15) is 11.8 Å². The fourth-order valence-corrected chi connectivity index (χ4v) is 2.72. The lowest BCUT2D eigenvalue weighted by Crippen LogP contribution is -2.51. The molecule has 0 spiro atoms. The maximum absolute atomic E-state index is 11.7. The summed E-state index contributed by atoms with van der Waals surface area (Å²) in [5.41, 5.74) is 0.804. The Kier molecular flexibility index (Phi) is 5.80. The Morgan fingerprint density at radius 3 is 2.64 bits per heavy atom. The molecule has 0 amide bonds. The first-order valence-corrected chi connectivity index (χ1v) is 7.90. The van der Waals surface area contributed by atoms with Crippen molar-refractivity contribution in [1.82, 2.24) is 10.2 Å². The van der Waals surface area contributed by atoms with Crippen LogP contribution in [0.3, 0.4) is 0 Å². The molecule has 2 atom stereocenters. The fourth-order valence-electron chi connectivity index (χ4n) is 2.72. The van der Waals surface area contributed by atoms with E-state index in [1.165, 1.54) is 0 Å². The topological polar surface area (TPSA) is 61.8 Å². The number of carboxylic acids is 1. The van der Waals surface area contributed by atoms with Gasteiger partial charge in [-0.05, 0) is 30.5 Å². The number of rotatable bonds is 6. The van der Waals surface area contributed by atoms with E-state index in [-0.39, 0.29) is 0 Å². The van der Waals surface area contributed by atoms with Gasteiger partial charge in [-0.15, -0.1) is 0 Å². The van der Waals surface area contributed by atoms with E-state index in [0.29, 0.717) is 18.6 Å². The lowest BCUT2D eigenvalue weighted by atomic mass is 10.0. The van der Waals surface area contributed by atoms with Crippen LogP contribution in [0.25, 0.3) is 0 Å². The number of benzene rings is 1. The molecule has 1 aromatic carbocycles. The predicted molar refractivity (Wildman–Crippen MR) is 86.2 cm³/mol. The van der Waals surface area contributed by atoms with Crippen LogP contribution in [-0.2, 0) is 4.79 Å². The highest BCUT2D eigenvalue weighted by Gasteiger charge is 2.30. The van der Waals surface area contributed by atoms with Gasteiger partial charge < -0.3 is 15.2 Å². The molecule has 0 saturated carbocycles. The zero-order chi connectivity index (χ0) is 16.1. The van der Waals surface area contributed by atoms with Crippen LogP contribution in [0.15, 0.2) is 24.3 Å². The summed E-state index contributed by atoms with van der Waals surface area (Å²) in [4.78, 5) is 13.7. The predicted octanol–water partition coefficient (Wildman–Crippen LogP) is 2.14. The van der Waals surface area contributed by atoms with Gasteiger partial charge in [0.25, 0.3) is 0 Å². The molecule has 1 fully saturated rings. The number of carbonyl (C=O) groups is 1. The van der Waals surface area contributed by atoms with Crippen LogP contribution in [0.1, 0.15) is 32.4 Å². The van der Waals surface area contributed by atoms with Gasteiger partial charge in [0.2, 0.25) is 0 Å². The molecule has 5 nitrogen and oxygen atoms in total. The van der Waals surface area contributed by atoms with Crippen LogP contribution < -0.4 is 10.1 Å². The van der Waals surface area contributed by atoms with Gasteiger partial charge in [-0.2, -0.15) is 0 Å². The maximum Gasteiger partial charge on any atom is 0.325 e. The Hall–Kier alpha value is -1.59. The third kappa shape index (κ3) is 4.45. The number of nitrogens with zero attached hydrogens (tertiary/aromatic N) is 1. The normalized spacial score (nSPS) is 20.8. The average molecular weight is 306 g/mol. The van der Waals surface area contributed by atoms with Gasteiger partial charge in [-0.3, -0.25) is 9.69 Å². The van der Waals surface area contributed by atoms with E-state index in [2.05, 4.69) is 26.1 Å². The van der Waals surface area contributed by atoms with Crippen molar-refractivity contribution in [3.63, 3.8) is 0 Å². The van der Waals surface area contributed by atoms with Crippen molar-refractivity contribution in [1.29, 1.82) is 0 Å². The summed E-state index contributed by atoms with van der Waals surface area (Å²) < 4.78 is 5.65. The third-order valence-corrected chi connectivity index (χ3v) is 3.78. The van der Waals surface area contributed by atoms with E-state index in [0.717, 1.165) is 30.9 Å². The van der Waals surface area contributed by atoms with Gasteiger partial charge in [-0.1, -0.05) is 26.0 Å². The monoisotopic (exact) mass is 306 g/mol. The van der Waals surface area contributed by atoms with Crippen LogP contribution in [0.5, 0.6) is 5.75 Å². The molecule has 2 unspecified atom stereocenters. The number of hydrogen-bond acceptors (Lipinski definition) is 4. The second-order valence-electron chi connectivity index (χ2n) is 6.36. The number of hydrogen-bond donors (Lipinski definition) is 2. The zero-order valence-electron chi connectivity index (χ0n) is 13.6. The largest absolute Gasteiger partial charge is 0.493 e. The molecular weight excluding hydrogens is 280 g/mol. The Morgan fingerprint density at radius 1 is 1.41 bits per heavy atom. The molecule has 22 heavy (non-hydrogen) atoms. The van der Waals surface area contributed by atoms with E-state index >= 15 is 0 Å². The summed E-state index contributed by atoms with van der Waals surface area (Å²) in [5.74, 6) is 0.453. The van der Waals surface area contributed by atoms with Crippen molar-refractivity contribution >= 4 is 5.97 Å². The SMILES string of the molecule is CC(C)COc1ccc(C(C(=O)O)N2CCNC(C)C2)cc1. The van der Waals surface area contributed by atoms with Crippen LogP contribution in [0, 0.1) is 5.92 Å². The minimum absolute atomic E-state index is 0.309. The molecule has 0 radical (unpaired) electrons. The molecule has 122 valence electrons. The van der Waals surface area contributed by atoms with Crippen molar-refractivity contribution in [2.45, 2.75) is 32.9 Å². The van der Waals surface area contributed by atoms with E-state index in [1.54, 1.807) is 0 Å². The van der Waals surface area contributed by atoms with Crippen molar-refractivity contribution in [3.05, 3.63) is 29.8 Å². The fraction of sp³-hybridized carbons (Fsp3) is 0.588. The number of aliphatic carboxylic acids is 1. The van der Waals surface area contributed by atoms with E-state index in [1.807, 2.05) is 29.2 Å². The van der Waals surface area contributed by atoms with Crippen molar-refractivity contribution < 1.29 is 14.6 Å². The number of ether oxygens (including phenoxy) is 1. The molecule has 1 saturated heterocycles.